The lowest BCUT2D eigenvalue weighted by atomic mass is 9.76. The third-order valence-corrected chi connectivity index (χ3v) is 8.62. The average Bonchev–Trinajstić information content (AvgIpc) is 3.73. The van der Waals surface area contributed by atoms with Gasteiger partial charge in [0.15, 0.2) is 0 Å². The Bertz CT molecular complexity index is 1450. The Labute approximate surface area is 273 Å². The van der Waals surface area contributed by atoms with Crippen molar-refractivity contribution in [1.82, 2.24) is 21.3 Å². The van der Waals surface area contributed by atoms with Crippen LogP contribution >= 0.6 is 11.6 Å². The van der Waals surface area contributed by atoms with E-state index in [1.165, 1.54) is 24.3 Å². The average molecular weight is 657 g/mol. The quantitative estimate of drug-likeness (QED) is 0.221. The molecule has 2 aliphatic rings. The minimum atomic E-state index is -1.26. The van der Waals surface area contributed by atoms with Crippen LogP contribution in [0.4, 0.5) is 9.18 Å². The first-order valence-electron chi connectivity index (χ1n) is 15.7. The van der Waals surface area contributed by atoms with Crippen LogP contribution < -0.4 is 21.3 Å². The molecule has 0 bridgehead atoms. The number of benzene rings is 2. The SMILES string of the molecule is CC(C)C[C@H](NC(=O)OC(c1ccc(F)cc1)C(C)(C)c1cccc(Cl)c1)C(=O)N[C@@H](C[C@@H]1CCNC1=O)C(=O)C(=O)NC1CC1. The van der Waals surface area contributed by atoms with Crippen LogP contribution in [0.2, 0.25) is 5.02 Å². The van der Waals surface area contributed by atoms with Crippen LogP contribution in [-0.2, 0) is 29.3 Å². The maximum atomic E-state index is 13.8. The van der Waals surface area contributed by atoms with Crippen LogP contribution in [0.15, 0.2) is 48.5 Å². The molecule has 12 heteroatoms. The second-order valence-corrected chi connectivity index (χ2v) is 13.5. The molecule has 248 valence electrons. The molecule has 4 rings (SSSR count). The van der Waals surface area contributed by atoms with Crippen LogP contribution in [0.25, 0.3) is 0 Å². The number of carbonyl (C=O) groups excluding carboxylic acids is 5. The summed E-state index contributed by atoms with van der Waals surface area (Å²) in [4.78, 5) is 65.4. The van der Waals surface area contributed by atoms with Crippen molar-refractivity contribution in [2.24, 2.45) is 11.8 Å². The summed E-state index contributed by atoms with van der Waals surface area (Å²) in [5, 5.41) is 11.1. The van der Waals surface area contributed by atoms with Gasteiger partial charge in [-0.05, 0) is 73.4 Å². The van der Waals surface area contributed by atoms with Crippen molar-refractivity contribution in [3.05, 3.63) is 70.5 Å². The first-order valence-corrected chi connectivity index (χ1v) is 16.0. The lowest BCUT2D eigenvalue weighted by Crippen LogP contribution is -2.55. The molecule has 1 saturated heterocycles. The molecule has 0 radical (unpaired) electrons. The maximum absolute atomic E-state index is 13.8. The van der Waals surface area contributed by atoms with E-state index >= 15 is 0 Å². The molecule has 1 heterocycles. The lowest BCUT2D eigenvalue weighted by molar-refractivity contribution is -0.141. The van der Waals surface area contributed by atoms with E-state index in [0.717, 1.165) is 18.4 Å². The maximum Gasteiger partial charge on any atom is 0.408 e. The molecule has 46 heavy (non-hydrogen) atoms. The monoisotopic (exact) mass is 656 g/mol. The first kappa shape index (κ1) is 34.9. The second kappa shape index (κ2) is 15.1. The van der Waals surface area contributed by atoms with Gasteiger partial charge in [0.2, 0.25) is 17.6 Å². The highest BCUT2D eigenvalue weighted by molar-refractivity contribution is 6.38. The van der Waals surface area contributed by atoms with Crippen molar-refractivity contribution < 1.29 is 33.1 Å². The number of hydrogen-bond donors (Lipinski definition) is 4. The number of amides is 4. The van der Waals surface area contributed by atoms with Gasteiger partial charge in [-0.2, -0.15) is 0 Å². The van der Waals surface area contributed by atoms with Gasteiger partial charge in [-0.25, -0.2) is 9.18 Å². The summed E-state index contributed by atoms with van der Waals surface area (Å²) in [5.74, 6) is -3.64. The van der Waals surface area contributed by atoms with Gasteiger partial charge < -0.3 is 26.0 Å². The predicted molar refractivity (Wildman–Crippen MR) is 170 cm³/mol. The van der Waals surface area contributed by atoms with Gasteiger partial charge in [0.25, 0.3) is 5.91 Å². The summed E-state index contributed by atoms with van der Waals surface area (Å²) >= 11 is 6.27. The molecule has 10 nitrogen and oxygen atoms in total. The Kier molecular flexibility index (Phi) is 11.4. The van der Waals surface area contributed by atoms with Crippen molar-refractivity contribution in [3.63, 3.8) is 0 Å². The number of carbonyl (C=O) groups is 5. The van der Waals surface area contributed by atoms with E-state index in [9.17, 15) is 28.4 Å². The summed E-state index contributed by atoms with van der Waals surface area (Å²) in [5.41, 5.74) is 0.443. The third-order valence-electron chi connectivity index (χ3n) is 8.39. The Morgan fingerprint density at radius 1 is 1.02 bits per heavy atom. The Morgan fingerprint density at radius 3 is 2.30 bits per heavy atom. The van der Waals surface area contributed by atoms with Crippen LogP contribution in [0.1, 0.15) is 77.0 Å². The van der Waals surface area contributed by atoms with Gasteiger partial charge in [0, 0.05) is 28.9 Å². The summed E-state index contributed by atoms with van der Waals surface area (Å²) in [6.45, 7) is 7.90. The molecule has 2 fully saturated rings. The zero-order chi connectivity index (χ0) is 33.6. The van der Waals surface area contributed by atoms with E-state index in [4.69, 9.17) is 16.3 Å². The van der Waals surface area contributed by atoms with Gasteiger partial charge in [-0.15, -0.1) is 0 Å². The summed E-state index contributed by atoms with van der Waals surface area (Å²) < 4.78 is 19.8. The molecule has 1 saturated carbocycles. The van der Waals surface area contributed by atoms with Gasteiger partial charge >= 0.3 is 6.09 Å². The molecule has 2 aromatic carbocycles. The number of hydrogen-bond acceptors (Lipinski definition) is 6. The molecule has 1 aliphatic carbocycles. The minimum Gasteiger partial charge on any atom is -0.440 e. The summed E-state index contributed by atoms with van der Waals surface area (Å²) in [7, 11) is 0. The molecule has 4 amide bonds. The molecule has 1 unspecified atom stereocenters. The van der Waals surface area contributed by atoms with E-state index < -0.39 is 59.0 Å². The number of Topliss-reactive ketones (excluding diaryl/α,β-unsaturated/α-hetero) is 1. The zero-order valence-electron chi connectivity index (χ0n) is 26.5. The van der Waals surface area contributed by atoms with E-state index in [1.54, 1.807) is 18.2 Å². The molecule has 2 aromatic rings. The topological polar surface area (TPSA) is 143 Å². The largest absolute Gasteiger partial charge is 0.440 e. The number of ketones is 1. The molecular weight excluding hydrogens is 615 g/mol. The summed E-state index contributed by atoms with van der Waals surface area (Å²) in [6.07, 6.45) is 0.334. The van der Waals surface area contributed by atoms with E-state index in [1.807, 2.05) is 33.8 Å². The van der Waals surface area contributed by atoms with Gasteiger partial charge in [-0.3, -0.25) is 19.2 Å². The number of ether oxygens (including phenoxy) is 1. The Hall–Kier alpha value is -3.99. The van der Waals surface area contributed by atoms with Crippen molar-refractivity contribution in [1.29, 1.82) is 0 Å². The van der Waals surface area contributed by atoms with Crippen molar-refractivity contribution in [2.45, 2.75) is 89.4 Å². The standard InChI is InChI=1S/C34H42ClFN4O6/c1-19(2)16-27(31(43)39-26(17-21-14-15-37-30(21)42)28(41)32(44)38-25-12-13-25)40-33(45)46-29(20-8-10-24(36)11-9-20)34(3,4)22-6-5-7-23(35)18-22/h5-11,18-19,21,25-27,29H,12-17H2,1-4H3,(H,37,42)(H,38,44)(H,39,43)(H,40,45)/t21-,26-,27-,29?/m0/s1. The minimum absolute atomic E-state index is 0.0478. The molecule has 0 spiro atoms. The van der Waals surface area contributed by atoms with Crippen LogP contribution in [0.3, 0.4) is 0 Å². The number of alkyl carbamates (subject to hydrolysis) is 1. The van der Waals surface area contributed by atoms with E-state index in [-0.39, 0.29) is 30.7 Å². The van der Waals surface area contributed by atoms with Gasteiger partial charge in [0.05, 0.1) is 6.04 Å². The van der Waals surface area contributed by atoms with Crippen LogP contribution in [0, 0.1) is 17.7 Å². The molecule has 1 aliphatic heterocycles. The van der Waals surface area contributed by atoms with E-state index in [2.05, 4.69) is 21.3 Å². The fourth-order valence-corrected chi connectivity index (χ4v) is 5.79. The third kappa shape index (κ3) is 9.28. The fourth-order valence-electron chi connectivity index (χ4n) is 5.60. The number of rotatable bonds is 14. The van der Waals surface area contributed by atoms with Gasteiger partial charge in [-0.1, -0.05) is 63.6 Å². The number of halogens is 2. The fraction of sp³-hybridized carbons (Fsp3) is 0.500. The van der Waals surface area contributed by atoms with E-state index in [0.29, 0.717) is 23.6 Å². The van der Waals surface area contributed by atoms with Gasteiger partial charge in [0.1, 0.15) is 18.0 Å². The highest BCUT2D eigenvalue weighted by Crippen LogP contribution is 2.40. The van der Waals surface area contributed by atoms with Crippen molar-refractivity contribution in [2.75, 3.05) is 6.54 Å². The highest BCUT2D eigenvalue weighted by Gasteiger charge is 2.39. The highest BCUT2D eigenvalue weighted by atomic mass is 35.5. The zero-order valence-corrected chi connectivity index (χ0v) is 27.3. The summed E-state index contributed by atoms with van der Waals surface area (Å²) in [6, 6.07) is 10.2. The Morgan fingerprint density at radius 2 is 1.72 bits per heavy atom. The van der Waals surface area contributed by atoms with Crippen LogP contribution in [-0.4, -0.2) is 54.3 Å². The second-order valence-electron chi connectivity index (χ2n) is 13.1. The number of nitrogens with one attached hydrogen (secondary N) is 4. The van der Waals surface area contributed by atoms with Crippen molar-refractivity contribution >= 4 is 41.2 Å². The molecule has 4 atom stereocenters. The Balaban J connectivity index is 1.54. The first-order chi connectivity index (χ1) is 21.7. The lowest BCUT2D eigenvalue weighted by Gasteiger charge is -2.35. The normalized spacial score (nSPS) is 18.2. The van der Waals surface area contributed by atoms with Crippen molar-refractivity contribution in [3.8, 4) is 0 Å². The molecular formula is C34H42ClFN4O6. The van der Waals surface area contributed by atoms with Crippen LogP contribution in [0.5, 0.6) is 0 Å². The smallest absolute Gasteiger partial charge is 0.408 e. The molecule has 4 N–H and O–H groups in total. The molecule has 0 aromatic heterocycles. The predicted octanol–water partition coefficient (Wildman–Crippen LogP) is 4.50.